The molecule has 3 heterocycles. The van der Waals surface area contributed by atoms with Crippen molar-refractivity contribution in [2.24, 2.45) is 5.10 Å². The van der Waals surface area contributed by atoms with Gasteiger partial charge in [-0.1, -0.05) is 60.7 Å². The molecule has 0 unspecified atom stereocenters. The number of nitrogen functional groups attached to an aromatic ring is 1. The summed E-state index contributed by atoms with van der Waals surface area (Å²) in [5.41, 5.74) is 12.2. The van der Waals surface area contributed by atoms with Crippen LogP contribution in [0.1, 0.15) is 27.9 Å². The number of anilines is 1. The van der Waals surface area contributed by atoms with Crippen LogP contribution in [0.4, 0.5) is 5.82 Å². The fourth-order valence-electron chi connectivity index (χ4n) is 4.54. The molecular weight excluding hydrogens is 462 g/mol. The van der Waals surface area contributed by atoms with Gasteiger partial charge in [-0.05, 0) is 36.6 Å². The Hall–Kier alpha value is -4.98. The third-order valence-electron chi connectivity index (χ3n) is 6.41. The van der Waals surface area contributed by atoms with Crippen LogP contribution in [0, 0.1) is 0 Å². The summed E-state index contributed by atoms with van der Waals surface area (Å²) < 4.78 is 1.50. The highest BCUT2D eigenvalue weighted by Gasteiger charge is 2.24. The predicted molar refractivity (Wildman–Crippen MR) is 148 cm³/mol. The maximum Gasteiger partial charge on any atom is 0.257 e. The first-order valence-corrected chi connectivity index (χ1v) is 12.2. The van der Waals surface area contributed by atoms with Gasteiger partial charge in [-0.15, -0.1) is 0 Å². The number of aromatic nitrogens is 4. The van der Waals surface area contributed by atoms with E-state index in [0.717, 1.165) is 29.3 Å². The number of fused-ring (bicyclic) bond motifs is 3. The molecule has 0 bridgehead atoms. The lowest BCUT2D eigenvalue weighted by Crippen LogP contribution is -2.25. The summed E-state index contributed by atoms with van der Waals surface area (Å²) in [6.45, 7) is 0.513. The lowest BCUT2D eigenvalue weighted by atomic mass is 10.1. The van der Waals surface area contributed by atoms with Crippen molar-refractivity contribution in [2.45, 2.75) is 12.8 Å². The van der Waals surface area contributed by atoms with Crippen molar-refractivity contribution >= 4 is 51.0 Å². The number of carbonyl (C=O) groups excluding carboxylic acids is 1. The largest absolute Gasteiger partial charge is 0.383 e. The van der Waals surface area contributed by atoms with Crippen LogP contribution in [0.3, 0.4) is 0 Å². The highest BCUT2D eigenvalue weighted by Crippen LogP contribution is 2.28. The average Bonchev–Trinajstić information content (AvgIpc) is 3.46. The minimum absolute atomic E-state index is 0.196. The quantitative estimate of drug-likeness (QED) is 0.220. The predicted octanol–water partition coefficient (Wildman–Crippen LogP) is 4.89. The van der Waals surface area contributed by atoms with Crippen molar-refractivity contribution in [1.82, 2.24) is 24.9 Å². The van der Waals surface area contributed by atoms with Crippen LogP contribution in [0.5, 0.6) is 0 Å². The van der Waals surface area contributed by atoms with Gasteiger partial charge in [0.1, 0.15) is 16.9 Å². The van der Waals surface area contributed by atoms with E-state index in [2.05, 4.69) is 27.5 Å². The topological polar surface area (TPSA) is 114 Å². The first kappa shape index (κ1) is 22.5. The molecule has 8 heteroatoms. The minimum atomic E-state index is -0.291. The SMILES string of the molecule is Nc1c(C(=O)NCCCc2ccccc2)c2nc3ccccc3nc2n1/N=C/c1c[nH]c2ccccc12. The Bertz CT molecular complexity index is 1770. The molecule has 0 aliphatic heterocycles. The second-order valence-electron chi connectivity index (χ2n) is 8.84. The average molecular weight is 488 g/mol. The van der Waals surface area contributed by atoms with E-state index in [9.17, 15) is 4.79 Å². The number of aromatic amines is 1. The Morgan fingerprint density at radius 2 is 1.70 bits per heavy atom. The third-order valence-corrected chi connectivity index (χ3v) is 6.41. The summed E-state index contributed by atoms with van der Waals surface area (Å²) in [6, 6.07) is 25.7. The van der Waals surface area contributed by atoms with Gasteiger partial charge in [0.2, 0.25) is 0 Å². The zero-order valence-electron chi connectivity index (χ0n) is 20.1. The zero-order chi connectivity index (χ0) is 25.2. The highest BCUT2D eigenvalue weighted by atomic mass is 16.1. The number of nitrogens with zero attached hydrogens (tertiary/aromatic N) is 4. The molecular formula is C29H25N7O. The van der Waals surface area contributed by atoms with E-state index in [1.165, 1.54) is 10.2 Å². The Kier molecular flexibility index (Phi) is 5.82. The van der Waals surface area contributed by atoms with E-state index >= 15 is 0 Å². The number of nitrogens with two attached hydrogens (primary N) is 1. The molecule has 0 aliphatic carbocycles. The number of benzene rings is 3. The van der Waals surface area contributed by atoms with E-state index in [-0.39, 0.29) is 17.3 Å². The molecule has 3 aromatic carbocycles. The van der Waals surface area contributed by atoms with Crippen LogP contribution in [-0.4, -0.2) is 38.3 Å². The van der Waals surface area contributed by atoms with Crippen LogP contribution in [0.15, 0.2) is 90.2 Å². The summed E-state index contributed by atoms with van der Waals surface area (Å²) in [5.74, 6) is -0.0943. The van der Waals surface area contributed by atoms with E-state index in [1.807, 2.05) is 72.9 Å². The molecule has 0 radical (unpaired) electrons. The number of amides is 1. The Balaban J connectivity index is 1.35. The van der Waals surface area contributed by atoms with Crippen LogP contribution in [0.25, 0.3) is 33.1 Å². The summed E-state index contributed by atoms with van der Waals surface area (Å²) in [5, 5.41) is 8.67. The van der Waals surface area contributed by atoms with Crippen molar-refractivity contribution < 1.29 is 4.79 Å². The van der Waals surface area contributed by atoms with Gasteiger partial charge in [0.25, 0.3) is 5.91 Å². The van der Waals surface area contributed by atoms with E-state index in [4.69, 9.17) is 15.7 Å². The molecule has 182 valence electrons. The molecule has 3 aromatic heterocycles. The van der Waals surface area contributed by atoms with Gasteiger partial charge in [-0.2, -0.15) is 9.78 Å². The lowest BCUT2D eigenvalue weighted by molar-refractivity contribution is 0.0955. The van der Waals surface area contributed by atoms with Gasteiger partial charge in [0, 0.05) is 29.2 Å². The standard InChI is InChI=1S/C29H25N7O/c30-27-25(29(37)31-16-8-11-19-9-2-1-3-10-19)26-28(35-24-15-7-6-14-23(24)34-26)36(27)33-18-20-17-32-22-13-5-4-12-21(20)22/h1-7,9-10,12-15,17-18,32H,8,11,16,30H2,(H,31,37)/b33-18+. The van der Waals surface area contributed by atoms with Gasteiger partial charge in [-0.25, -0.2) is 9.97 Å². The number of para-hydroxylation sites is 3. The number of hydrogen-bond donors (Lipinski definition) is 3. The fourth-order valence-corrected chi connectivity index (χ4v) is 4.54. The third kappa shape index (κ3) is 4.29. The molecule has 1 amide bonds. The molecule has 0 saturated carbocycles. The smallest absolute Gasteiger partial charge is 0.257 e. The normalized spacial score (nSPS) is 11.7. The minimum Gasteiger partial charge on any atom is -0.383 e. The summed E-state index contributed by atoms with van der Waals surface area (Å²) in [6.07, 6.45) is 5.28. The Morgan fingerprint density at radius 1 is 0.973 bits per heavy atom. The summed E-state index contributed by atoms with van der Waals surface area (Å²) >= 11 is 0. The number of hydrogen-bond acceptors (Lipinski definition) is 5. The number of rotatable bonds is 7. The number of nitrogens with one attached hydrogen (secondary N) is 2. The van der Waals surface area contributed by atoms with Crippen molar-refractivity contribution in [3.05, 3.63) is 102 Å². The van der Waals surface area contributed by atoms with Crippen molar-refractivity contribution in [3.8, 4) is 0 Å². The molecule has 6 aromatic rings. The first-order chi connectivity index (χ1) is 18.2. The van der Waals surface area contributed by atoms with Gasteiger partial charge in [0.05, 0.1) is 17.2 Å². The van der Waals surface area contributed by atoms with Gasteiger partial charge < -0.3 is 16.0 Å². The second-order valence-corrected chi connectivity index (χ2v) is 8.84. The van der Waals surface area contributed by atoms with Gasteiger partial charge in [-0.3, -0.25) is 4.79 Å². The molecule has 0 spiro atoms. The molecule has 8 nitrogen and oxygen atoms in total. The van der Waals surface area contributed by atoms with Crippen LogP contribution in [-0.2, 0) is 6.42 Å². The lowest BCUT2D eigenvalue weighted by Gasteiger charge is -2.06. The summed E-state index contributed by atoms with van der Waals surface area (Å²) in [7, 11) is 0. The molecule has 0 fully saturated rings. The van der Waals surface area contributed by atoms with Crippen LogP contribution in [0.2, 0.25) is 0 Å². The second kappa shape index (κ2) is 9.58. The number of aryl methyl sites for hydroxylation is 1. The number of carbonyl (C=O) groups is 1. The van der Waals surface area contributed by atoms with Crippen molar-refractivity contribution in [2.75, 3.05) is 12.3 Å². The zero-order valence-corrected chi connectivity index (χ0v) is 20.1. The highest BCUT2D eigenvalue weighted by molar-refractivity contribution is 6.11. The van der Waals surface area contributed by atoms with Crippen molar-refractivity contribution in [3.63, 3.8) is 0 Å². The van der Waals surface area contributed by atoms with E-state index in [1.54, 1.807) is 6.21 Å². The van der Waals surface area contributed by atoms with Gasteiger partial charge in [0.15, 0.2) is 5.65 Å². The molecule has 6 rings (SSSR count). The van der Waals surface area contributed by atoms with Crippen molar-refractivity contribution in [1.29, 1.82) is 0 Å². The summed E-state index contributed by atoms with van der Waals surface area (Å²) in [4.78, 5) is 26.1. The van der Waals surface area contributed by atoms with Gasteiger partial charge >= 0.3 is 0 Å². The van der Waals surface area contributed by atoms with Crippen LogP contribution >= 0.6 is 0 Å². The molecule has 37 heavy (non-hydrogen) atoms. The van der Waals surface area contributed by atoms with E-state index in [0.29, 0.717) is 28.7 Å². The molecule has 0 aliphatic rings. The van der Waals surface area contributed by atoms with E-state index < -0.39 is 0 Å². The monoisotopic (exact) mass is 487 g/mol. The molecule has 0 saturated heterocycles. The fraction of sp³-hybridized carbons (Fsp3) is 0.103. The molecule has 0 atom stereocenters. The maximum atomic E-state index is 13.3. The Morgan fingerprint density at radius 3 is 2.54 bits per heavy atom. The maximum absolute atomic E-state index is 13.3. The first-order valence-electron chi connectivity index (χ1n) is 12.2. The Labute approximate surface area is 212 Å². The molecule has 4 N–H and O–H groups in total. The van der Waals surface area contributed by atoms with Crippen LogP contribution < -0.4 is 11.1 Å². The number of H-pyrrole nitrogens is 1.